The molecule has 0 aliphatic heterocycles. The van der Waals surface area contributed by atoms with Gasteiger partial charge < -0.3 is 18.6 Å². The molecule has 2 aromatic carbocycles. The number of ketones is 2. The van der Waals surface area contributed by atoms with Crippen molar-refractivity contribution in [1.82, 2.24) is 0 Å². The Kier molecular flexibility index (Phi) is 4.35. The number of carbonyl (C=O) groups excluding carboxylic acids is 2. The number of hydrogen-bond acceptors (Lipinski definition) is 7. The third kappa shape index (κ3) is 2.54. The summed E-state index contributed by atoms with van der Waals surface area (Å²) in [5, 5.41) is 0.147. The number of halogens is 1. The zero-order valence-corrected chi connectivity index (χ0v) is 16.7. The molecule has 0 amide bonds. The van der Waals surface area contributed by atoms with Crippen molar-refractivity contribution in [2.45, 2.75) is 6.92 Å². The summed E-state index contributed by atoms with van der Waals surface area (Å²) < 4.78 is 21.5. The molecule has 0 N–H and O–H groups in total. The molecule has 0 bridgehead atoms. The van der Waals surface area contributed by atoms with Crippen molar-refractivity contribution in [2.75, 3.05) is 21.3 Å². The van der Waals surface area contributed by atoms with Crippen molar-refractivity contribution in [3.05, 3.63) is 61.5 Å². The van der Waals surface area contributed by atoms with Crippen molar-refractivity contribution < 1.29 is 28.2 Å². The van der Waals surface area contributed by atoms with Gasteiger partial charge in [-0.2, -0.15) is 0 Å². The second-order valence-corrected chi connectivity index (χ2v) is 6.81. The Labute approximate surface area is 169 Å². The van der Waals surface area contributed by atoms with Crippen LogP contribution in [0.15, 0.2) is 27.4 Å². The lowest BCUT2D eigenvalue weighted by Gasteiger charge is -2.23. The van der Waals surface area contributed by atoms with Crippen molar-refractivity contribution in [3.8, 4) is 17.2 Å². The van der Waals surface area contributed by atoms with Gasteiger partial charge in [-0.1, -0.05) is 11.6 Å². The van der Waals surface area contributed by atoms with E-state index in [2.05, 4.69) is 0 Å². The normalized spacial score (nSPS) is 12.6. The van der Waals surface area contributed by atoms with E-state index in [1.54, 1.807) is 6.92 Å². The molecular formula is C21H15ClO7. The summed E-state index contributed by atoms with van der Waals surface area (Å²) in [6.45, 7) is 1.58. The first-order valence-electron chi connectivity index (χ1n) is 8.53. The molecule has 0 fully saturated rings. The molecule has 0 saturated carbocycles. The number of hydrogen-bond donors (Lipinski definition) is 0. The first-order valence-corrected chi connectivity index (χ1v) is 8.91. The van der Waals surface area contributed by atoms with Gasteiger partial charge in [0.2, 0.25) is 5.78 Å². The van der Waals surface area contributed by atoms with Gasteiger partial charge in [0.25, 0.3) is 0 Å². The van der Waals surface area contributed by atoms with Gasteiger partial charge in [0.05, 0.1) is 32.5 Å². The Hall–Kier alpha value is -3.32. The molecule has 4 rings (SSSR count). The second kappa shape index (κ2) is 6.63. The van der Waals surface area contributed by atoms with Crippen LogP contribution in [-0.2, 0) is 0 Å². The van der Waals surface area contributed by atoms with Gasteiger partial charge in [-0.05, 0) is 19.1 Å². The summed E-state index contributed by atoms with van der Waals surface area (Å²) in [6.07, 6.45) is 0. The van der Waals surface area contributed by atoms with E-state index in [4.69, 9.17) is 30.2 Å². The van der Waals surface area contributed by atoms with Crippen molar-refractivity contribution >= 4 is 34.1 Å². The van der Waals surface area contributed by atoms with Crippen LogP contribution in [0.4, 0.5) is 0 Å². The maximum Gasteiger partial charge on any atom is 0.202 e. The summed E-state index contributed by atoms with van der Waals surface area (Å²) in [7, 11) is 4.10. The summed E-state index contributed by atoms with van der Waals surface area (Å²) in [5.74, 6) is -0.357. The van der Waals surface area contributed by atoms with Crippen LogP contribution in [0.25, 0.3) is 11.0 Å². The maximum absolute atomic E-state index is 13.5. The summed E-state index contributed by atoms with van der Waals surface area (Å²) in [6, 6.07) is 4.07. The highest BCUT2D eigenvalue weighted by molar-refractivity contribution is 6.38. The maximum atomic E-state index is 13.5. The topological polar surface area (TPSA) is 92.0 Å². The Balaban J connectivity index is 2.18. The SMILES string of the molecule is COc1cc2c(c(OC)c1Cl)C(=O)c1c(cc(OC)c3c(=O)cc(C)oc13)C2=O. The van der Waals surface area contributed by atoms with Crippen LogP contribution in [0.2, 0.25) is 5.02 Å². The van der Waals surface area contributed by atoms with Gasteiger partial charge in [0, 0.05) is 17.2 Å². The molecule has 0 saturated heterocycles. The number of benzene rings is 2. The van der Waals surface area contributed by atoms with Crippen LogP contribution >= 0.6 is 11.6 Å². The molecular weight excluding hydrogens is 400 g/mol. The van der Waals surface area contributed by atoms with Crippen LogP contribution in [0, 0.1) is 6.92 Å². The standard InChI is InChI=1S/C21H15ClO7/c1-8-5-11(23)16-12(26-2)6-9-14(20(16)29-8)19(25)15-10(18(9)24)7-13(27-3)17(22)21(15)28-4/h5-7H,1-4H3. The highest BCUT2D eigenvalue weighted by atomic mass is 35.5. The highest BCUT2D eigenvalue weighted by Gasteiger charge is 2.38. The van der Waals surface area contributed by atoms with E-state index in [0.717, 1.165) is 0 Å². The lowest BCUT2D eigenvalue weighted by atomic mass is 9.82. The fourth-order valence-corrected chi connectivity index (χ4v) is 3.91. The first kappa shape index (κ1) is 19.0. The van der Waals surface area contributed by atoms with Crippen molar-refractivity contribution in [3.63, 3.8) is 0 Å². The number of fused-ring (bicyclic) bond motifs is 4. The fourth-order valence-electron chi connectivity index (χ4n) is 3.61. The van der Waals surface area contributed by atoms with Gasteiger partial charge in [0.1, 0.15) is 27.7 Å². The summed E-state index contributed by atoms with van der Waals surface area (Å²) in [4.78, 5) is 39.3. The molecule has 0 radical (unpaired) electrons. The lowest BCUT2D eigenvalue weighted by Crippen LogP contribution is -2.23. The zero-order valence-electron chi connectivity index (χ0n) is 16.0. The molecule has 8 heteroatoms. The van der Waals surface area contributed by atoms with Gasteiger partial charge in [0.15, 0.2) is 22.5 Å². The number of methoxy groups -OCH3 is 3. The summed E-state index contributed by atoms with van der Waals surface area (Å²) in [5.41, 5.74) is -0.286. The third-order valence-corrected chi connectivity index (χ3v) is 5.22. The van der Waals surface area contributed by atoms with Gasteiger partial charge in [-0.25, -0.2) is 0 Å². The average Bonchev–Trinajstić information content (AvgIpc) is 2.70. The zero-order chi connectivity index (χ0) is 21.0. The van der Waals surface area contributed by atoms with Crippen molar-refractivity contribution in [2.24, 2.45) is 0 Å². The Morgan fingerprint density at radius 2 is 1.45 bits per heavy atom. The summed E-state index contributed by atoms with van der Waals surface area (Å²) >= 11 is 6.30. The minimum Gasteiger partial charge on any atom is -0.496 e. The van der Waals surface area contributed by atoms with Crippen LogP contribution in [0.1, 0.15) is 37.6 Å². The van der Waals surface area contributed by atoms with E-state index in [1.807, 2.05) is 0 Å². The quantitative estimate of drug-likeness (QED) is 0.506. The molecule has 148 valence electrons. The molecule has 1 heterocycles. The monoisotopic (exact) mass is 414 g/mol. The largest absolute Gasteiger partial charge is 0.496 e. The Morgan fingerprint density at radius 3 is 2.07 bits per heavy atom. The predicted molar refractivity (Wildman–Crippen MR) is 105 cm³/mol. The number of aryl methyl sites for hydroxylation is 1. The van der Waals surface area contributed by atoms with E-state index in [-0.39, 0.29) is 60.9 Å². The van der Waals surface area contributed by atoms with Gasteiger partial charge in [-0.15, -0.1) is 0 Å². The Morgan fingerprint density at radius 1 is 0.828 bits per heavy atom. The number of rotatable bonds is 3. The molecule has 29 heavy (non-hydrogen) atoms. The van der Waals surface area contributed by atoms with Gasteiger partial charge >= 0.3 is 0 Å². The van der Waals surface area contributed by atoms with Gasteiger partial charge in [-0.3, -0.25) is 14.4 Å². The van der Waals surface area contributed by atoms with E-state index in [9.17, 15) is 14.4 Å². The third-order valence-electron chi connectivity index (χ3n) is 4.86. The highest BCUT2D eigenvalue weighted by Crippen LogP contribution is 2.45. The van der Waals surface area contributed by atoms with Crippen LogP contribution < -0.4 is 19.6 Å². The van der Waals surface area contributed by atoms with E-state index in [1.165, 1.54) is 39.5 Å². The molecule has 1 aliphatic rings. The number of carbonyl (C=O) groups is 2. The molecule has 3 aromatic rings. The molecule has 0 spiro atoms. The van der Waals surface area contributed by atoms with E-state index in [0.29, 0.717) is 5.76 Å². The lowest BCUT2D eigenvalue weighted by molar-refractivity contribution is 0.0976. The van der Waals surface area contributed by atoms with Crippen LogP contribution in [0.5, 0.6) is 17.2 Å². The predicted octanol–water partition coefficient (Wildman–Crippen LogP) is 3.56. The van der Waals surface area contributed by atoms with E-state index < -0.39 is 11.6 Å². The minimum absolute atomic E-state index is 0.00794. The minimum atomic E-state index is -0.544. The Bertz CT molecular complexity index is 1290. The molecule has 0 unspecified atom stereocenters. The molecule has 7 nitrogen and oxygen atoms in total. The average molecular weight is 415 g/mol. The fraction of sp³-hybridized carbons (Fsp3) is 0.190. The smallest absolute Gasteiger partial charge is 0.202 e. The van der Waals surface area contributed by atoms with E-state index >= 15 is 0 Å². The molecule has 1 aromatic heterocycles. The second-order valence-electron chi connectivity index (χ2n) is 6.43. The van der Waals surface area contributed by atoms with Crippen molar-refractivity contribution in [1.29, 1.82) is 0 Å². The van der Waals surface area contributed by atoms with Crippen LogP contribution in [-0.4, -0.2) is 32.9 Å². The first-order chi connectivity index (χ1) is 13.8. The van der Waals surface area contributed by atoms with Crippen LogP contribution in [0.3, 0.4) is 0 Å². The molecule has 1 aliphatic carbocycles. The number of ether oxygens (including phenoxy) is 3. The molecule has 0 atom stereocenters.